The van der Waals surface area contributed by atoms with E-state index >= 15 is 0 Å². The third-order valence-electron chi connectivity index (χ3n) is 2.32. The second-order valence-corrected chi connectivity index (χ2v) is 4.28. The van der Waals surface area contributed by atoms with Gasteiger partial charge >= 0.3 is 0 Å². The molecule has 0 aliphatic rings. The van der Waals surface area contributed by atoms with E-state index in [2.05, 4.69) is 5.32 Å². The Morgan fingerprint density at radius 3 is 2.56 bits per heavy atom. The summed E-state index contributed by atoms with van der Waals surface area (Å²) in [6.45, 7) is 2.04. The van der Waals surface area contributed by atoms with Crippen LogP contribution in [-0.4, -0.2) is 36.9 Å². The van der Waals surface area contributed by atoms with Gasteiger partial charge in [-0.15, -0.1) is 0 Å². The molecule has 0 radical (unpaired) electrons. The highest BCUT2D eigenvalue weighted by Crippen LogP contribution is 2.19. The minimum Gasteiger partial charge on any atom is -0.397 e. The van der Waals surface area contributed by atoms with Gasteiger partial charge in [0.1, 0.15) is 0 Å². The number of nitrogens with one attached hydrogen (secondary N) is 1. The van der Waals surface area contributed by atoms with E-state index in [1.165, 1.54) is 4.90 Å². The maximum absolute atomic E-state index is 11.7. The number of carbonyl (C=O) groups excluding carboxylic acids is 2. The Hall–Kier alpha value is -2.08. The predicted octanol–water partition coefficient (Wildman–Crippen LogP) is -0.0672. The van der Waals surface area contributed by atoms with Crippen molar-refractivity contribution in [2.45, 2.75) is 6.92 Å². The summed E-state index contributed by atoms with van der Waals surface area (Å²) in [6.07, 6.45) is 0. The molecule has 0 unspecified atom stereocenters. The largest absolute Gasteiger partial charge is 0.397 e. The summed E-state index contributed by atoms with van der Waals surface area (Å²) in [6, 6.07) is 5.39. The molecule has 0 bridgehead atoms. The summed E-state index contributed by atoms with van der Waals surface area (Å²) < 4.78 is 0. The zero-order valence-corrected chi connectivity index (χ0v) is 10.6. The summed E-state index contributed by atoms with van der Waals surface area (Å²) >= 11 is 0. The number of amides is 2. The Balaban J connectivity index is 2.56. The average molecular weight is 250 g/mol. The van der Waals surface area contributed by atoms with Crippen LogP contribution < -0.4 is 16.8 Å². The minimum absolute atomic E-state index is 0.0385. The molecule has 98 valence electrons. The quantitative estimate of drug-likeness (QED) is 0.637. The second kappa shape index (κ2) is 6.02. The molecule has 2 amide bonds. The normalized spacial score (nSPS) is 10.4. The van der Waals surface area contributed by atoms with Gasteiger partial charge in [-0.25, -0.2) is 0 Å². The summed E-state index contributed by atoms with van der Waals surface area (Å²) in [7, 11) is 1.64. The van der Waals surface area contributed by atoms with Crippen molar-refractivity contribution in [3.8, 4) is 0 Å². The molecule has 0 atom stereocenters. The van der Waals surface area contributed by atoms with Crippen LogP contribution >= 0.6 is 0 Å². The number of primary amides is 1. The van der Waals surface area contributed by atoms with E-state index in [0.717, 1.165) is 5.56 Å². The van der Waals surface area contributed by atoms with Crippen molar-refractivity contribution in [1.29, 1.82) is 0 Å². The van der Waals surface area contributed by atoms with Crippen molar-refractivity contribution in [3.63, 3.8) is 0 Å². The molecular formula is C12H18N4O2. The number of nitrogens with zero attached hydrogens (tertiary/aromatic N) is 1. The maximum atomic E-state index is 11.7. The number of anilines is 2. The van der Waals surface area contributed by atoms with Crippen LogP contribution in [-0.2, 0) is 9.59 Å². The SMILES string of the molecule is Cc1ccc(NC(=O)CN(C)CC(N)=O)c(N)c1. The van der Waals surface area contributed by atoms with Crippen molar-refractivity contribution >= 4 is 23.2 Å². The van der Waals surface area contributed by atoms with Crippen LogP contribution in [0.2, 0.25) is 0 Å². The van der Waals surface area contributed by atoms with Gasteiger partial charge in [0.2, 0.25) is 11.8 Å². The van der Waals surface area contributed by atoms with E-state index in [1.54, 1.807) is 19.2 Å². The third-order valence-corrected chi connectivity index (χ3v) is 2.32. The molecule has 0 aromatic heterocycles. The van der Waals surface area contributed by atoms with E-state index in [-0.39, 0.29) is 19.0 Å². The van der Waals surface area contributed by atoms with Crippen molar-refractivity contribution < 1.29 is 9.59 Å². The fourth-order valence-corrected chi connectivity index (χ4v) is 1.55. The molecule has 18 heavy (non-hydrogen) atoms. The lowest BCUT2D eigenvalue weighted by Gasteiger charge is -2.15. The van der Waals surface area contributed by atoms with Gasteiger partial charge in [-0.1, -0.05) is 6.07 Å². The molecule has 0 fully saturated rings. The lowest BCUT2D eigenvalue weighted by atomic mass is 10.2. The van der Waals surface area contributed by atoms with Gasteiger partial charge in [-0.05, 0) is 31.7 Å². The first-order valence-electron chi connectivity index (χ1n) is 5.51. The number of rotatable bonds is 5. The van der Waals surface area contributed by atoms with Crippen LogP contribution in [0.3, 0.4) is 0 Å². The Morgan fingerprint density at radius 1 is 1.33 bits per heavy atom. The predicted molar refractivity (Wildman–Crippen MR) is 70.9 cm³/mol. The molecule has 0 heterocycles. The molecule has 6 nitrogen and oxygen atoms in total. The summed E-state index contributed by atoms with van der Waals surface area (Å²) in [4.78, 5) is 23.9. The van der Waals surface area contributed by atoms with E-state index in [4.69, 9.17) is 11.5 Å². The van der Waals surface area contributed by atoms with Crippen LogP contribution in [0.4, 0.5) is 11.4 Å². The molecule has 1 rings (SSSR count). The van der Waals surface area contributed by atoms with Crippen molar-refractivity contribution in [2.75, 3.05) is 31.2 Å². The Kier molecular flexibility index (Phi) is 4.67. The van der Waals surface area contributed by atoms with Crippen LogP contribution in [0.5, 0.6) is 0 Å². The van der Waals surface area contributed by atoms with Crippen molar-refractivity contribution in [1.82, 2.24) is 4.90 Å². The zero-order valence-electron chi connectivity index (χ0n) is 10.6. The third kappa shape index (κ3) is 4.42. The van der Waals surface area contributed by atoms with E-state index in [9.17, 15) is 9.59 Å². The molecule has 6 heteroatoms. The fraction of sp³-hybridized carbons (Fsp3) is 0.333. The zero-order chi connectivity index (χ0) is 13.7. The smallest absolute Gasteiger partial charge is 0.238 e. The maximum Gasteiger partial charge on any atom is 0.238 e. The molecule has 0 spiro atoms. The number of aryl methyl sites for hydroxylation is 1. The van der Waals surface area contributed by atoms with Gasteiger partial charge in [0.05, 0.1) is 24.5 Å². The van der Waals surface area contributed by atoms with Crippen molar-refractivity contribution in [3.05, 3.63) is 23.8 Å². The van der Waals surface area contributed by atoms with Gasteiger partial charge in [0.25, 0.3) is 0 Å². The molecule has 0 aliphatic heterocycles. The number of nitrogens with two attached hydrogens (primary N) is 2. The number of likely N-dealkylation sites (N-methyl/N-ethyl adjacent to an activating group) is 1. The van der Waals surface area contributed by atoms with Gasteiger partial charge in [0.15, 0.2) is 0 Å². The van der Waals surface area contributed by atoms with Gasteiger partial charge in [-0.3, -0.25) is 14.5 Å². The van der Waals surface area contributed by atoms with Crippen molar-refractivity contribution in [2.24, 2.45) is 5.73 Å². The second-order valence-electron chi connectivity index (χ2n) is 4.28. The van der Waals surface area contributed by atoms with Crippen LogP contribution in [0, 0.1) is 6.92 Å². The van der Waals surface area contributed by atoms with E-state index < -0.39 is 5.91 Å². The molecule has 1 aromatic carbocycles. The number of carbonyl (C=O) groups is 2. The molecule has 0 aliphatic carbocycles. The lowest BCUT2D eigenvalue weighted by molar-refractivity contribution is -0.120. The van der Waals surface area contributed by atoms with Crippen LogP contribution in [0.1, 0.15) is 5.56 Å². The van der Waals surface area contributed by atoms with Gasteiger partial charge in [0, 0.05) is 0 Å². The number of hydrogen-bond acceptors (Lipinski definition) is 4. The lowest BCUT2D eigenvalue weighted by Crippen LogP contribution is -2.36. The summed E-state index contributed by atoms with van der Waals surface area (Å²) in [5, 5.41) is 2.68. The molecule has 0 saturated carbocycles. The van der Waals surface area contributed by atoms with Crippen LogP contribution in [0.25, 0.3) is 0 Å². The standard InChI is InChI=1S/C12H18N4O2/c1-8-3-4-10(9(13)5-8)15-12(18)7-16(2)6-11(14)17/h3-5H,6-7,13H2,1-2H3,(H2,14,17)(H,15,18). The number of benzene rings is 1. The molecule has 0 saturated heterocycles. The topological polar surface area (TPSA) is 101 Å². The highest BCUT2D eigenvalue weighted by atomic mass is 16.2. The number of hydrogen-bond donors (Lipinski definition) is 3. The Bertz CT molecular complexity index is 459. The first kappa shape index (κ1) is 14.0. The summed E-state index contributed by atoms with van der Waals surface area (Å²) in [5.74, 6) is -0.713. The fourth-order valence-electron chi connectivity index (χ4n) is 1.55. The monoisotopic (exact) mass is 250 g/mol. The highest BCUT2D eigenvalue weighted by molar-refractivity contribution is 5.95. The molecular weight excluding hydrogens is 232 g/mol. The first-order valence-corrected chi connectivity index (χ1v) is 5.51. The summed E-state index contributed by atoms with van der Waals surface area (Å²) in [5.41, 5.74) is 12.9. The Labute approximate surface area is 106 Å². The molecule has 5 N–H and O–H groups in total. The number of nitrogen functional groups attached to an aromatic ring is 1. The van der Waals surface area contributed by atoms with E-state index in [0.29, 0.717) is 11.4 Å². The minimum atomic E-state index is -0.472. The average Bonchev–Trinajstić information content (AvgIpc) is 2.20. The first-order chi connectivity index (χ1) is 8.38. The highest BCUT2D eigenvalue weighted by Gasteiger charge is 2.10. The van der Waals surface area contributed by atoms with Gasteiger partial charge in [-0.2, -0.15) is 0 Å². The molecule has 1 aromatic rings. The van der Waals surface area contributed by atoms with E-state index in [1.807, 2.05) is 13.0 Å². The van der Waals surface area contributed by atoms with Crippen LogP contribution in [0.15, 0.2) is 18.2 Å². The van der Waals surface area contributed by atoms with Gasteiger partial charge < -0.3 is 16.8 Å². The Morgan fingerprint density at radius 2 is 2.00 bits per heavy atom.